The predicted molar refractivity (Wildman–Crippen MR) is 304 cm³/mol. The highest BCUT2D eigenvalue weighted by molar-refractivity contribution is 5.76. The van der Waals surface area contributed by atoms with Crippen molar-refractivity contribution in [3.05, 3.63) is 48.6 Å². The zero-order valence-electron chi connectivity index (χ0n) is 47.7. The molecular formula is C62H113NO13. The van der Waals surface area contributed by atoms with Crippen LogP contribution in [-0.2, 0) is 23.7 Å². The number of allylic oxidation sites excluding steroid dienone is 7. The van der Waals surface area contributed by atoms with Crippen LogP contribution >= 0.6 is 0 Å². The number of aliphatic hydroxyl groups excluding tert-OH is 8. The number of aliphatic hydroxyl groups is 8. The molecule has 0 saturated carbocycles. The van der Waals surface area contributed by atoms with E-state index in [1.54, 1.807) is 6.08 Å². The number of carbonyl (C=O) groups is 1. The highest BCUT2D eigenvalue weighted by Crippen LogP contribution is 2.30. The molecule has 444 valence electrons. The average molecular weight is 1080 g/mol. The molecule has 0 bridgehead atoms. The molecule has 9 N–H and O–H groups in total. The SMILES string of the molecule is CCCCCCC/C=C\C/C=C\C/C=C\CCCCCCCCCCCCCCCCCCCCCCC(=O)NC(COC1OC(CO)C(OC2OC(CO)C(O)C(O)C2O)C(O)C1O)C(O)/C=C/CCCCCCC. The second kappa shape index (κ2) is 47.7. The first-order valence-corrected chi connectivity index (χ1v) is 30.9. The Balaban J connectivity index is 1.54. The number of hydrogen-bond donors (Lipinski definition) is 9. The Kier molecular flexibility index (Phi) is 44.0. The van der Waals surface area contributed by atoms with Crippen LogP contribution < -0.4 is 5.32 Å². The predicted octanol–water partition coefficient (Wildman–Crippen LogP) is 10.8. The molecule has 0 aromatic heterocycles. The van der Waals surface area contributed by atoms with Gasteiger partial charge in [-0.2, -0.15) is 0 Å². The Bertz CT molecular complexity index is 1460. The highest BCUT2D eigenvalue weighted by atomic mass is 16.7. The molecule has 2 aliphatic heterocycles. The van der Waals surface area contributed by atoms with Crippen molar-refractivity contribution in [3.63, 3.8) is 0 Å². The standard InChI is InChI=1S/C62H113NO13/c1-3-5-7-9-11-12-13-14-15-16-17-18-19-20-21-22-23-24-25-26-27-28-29-30-31-32-33-34-35-36-37-38-40-42-44-46-54(67)63-50(51(66)45-43-41-39-10-8-6-4-2)49-73-61-59(72)57(70)60(53(48-65)75-61)76-62-58(71)56(69)55(68)52(47-64)74-62/h13-14,16-17,19-20,43,45,50-53,55-62,64-66,68-72H,3-12,15,18,21-42,44,46-49H2,1-2H3,(H,63,67)/b14-13-,17-16-,20-19-,45-43+. The van der Waals surface area contributed by atoms with Crippen molar-refractivity contribution in [2.24, 2.45) is 0 Å². The number of unbranched alkanes of at least 4 members (excludes halogenated alkanes) is 30. The van der Waals surface area contributed by atoms with Gasteiger partial charge in [-0.1, -0.05) is 229 Å². The number of nitrogens with one attached hydrogen (secondary N) is 1. The zero-order chi connectivity index (χ0) is 55.3. The van der Waals surface area contributed by atoms with Gasteiger partial charge in [-0.25, -0.2) is 0 Å². The van der Waals surface area contributed by atoms with Gasteiger partial charge < -0.3 is 65.1 Å². The minimum atomic E-state index is -1.79. The van der Waals surface area contributed by atoms with Gasteiger partial charge in [-0.3, -0.25) is 4.79 Å². The summed E-state index contributed by atoms with van der Waals surface area (Å²) in [6.07, 6.45) is 43.7. The smallest absolute Gasteiger partial charge is 0.220 e. The first-order valence-electron chi connectivity index (χ1n) is 30.9. The molecule has 14 nitrogen and oxygen atoms in total. The molecule has 2 aliphatic rings. The quantitative estimate of drug-likeness (QED) is 0.0204. The second-order valence-corrected chi connectivity index (χ2v) is 21.8. The molecule has 12 unspecified atom stereocenters. The Hall–Kier alpha value is -2.05. The summed E-state index contributed by atoms with van der Waals surface area (Å²) in [4.78, 5) is 13.2. The van der Waals surface area contributed by atoms with E-state index in [1.165, 1.54) is 154 Å². The van der Waals surface area contributed by atoms with E-state index in [9.17, 15) is 45.6 Å². The van der Waals surface area contributed by atoms with E-state index >= 15 is 0 Å². The van der Waals surface area contributed by atoms with Crippen LogP contribution in [-0.4, -0.2) is 140 Å². The number of rotatable bonds is 49. The van der Waals surface area contributed by atoms with E-state index in [2.05, 4.69) is 55.6 Å². The van der Waals surface area contributed by atoms with Gasteiger partial charge in [0.15, 0.2) is 12.6 Å². The minimum absolute atomic E-state index is 0.242. The summed E-state index contributed by atoms with van der Waals surface area (Å²) in [6.45, 7) is 2.72. The molecule has 76 heavy (non-hydrogen) atoms. The van der Waals surface area contributed by atoms with Gasteiger partial charge in [0.25, 0.3) is 0 Å². The summed E-state index contributed by atoms with van der Waals surface area (Å²) >= 11 is 0. The summed E-state index contributed by atoms with van der Waals surface area (Å²) in [5.74, 6) is -0.242. The van der Waals surface area contributed by atoms with Gasteiger partial charge in [0.05, 0.1) is 32.0 Å². The number of hydrogen-bond acceptors (Lipinski definition) is 13. The minimum Gasteiger partial charge on any atom is -0.394 e. The van der Waals surface area contributed by atoms with Crippen LogP contribution in [0.15, 0.2) is 48.6 Å². The van der Waals surface area contributed by atoms with Crippen molar-refractivity contribution >= 4 is 5.91 Å². The van der Waals surface area contributed by atoms with E-state index in [4.69, 9.17) is 18.9 Å². The molecule has 0 aromatic rings. The van der Waals surface area contributed by atoms with Gasteiger partial charge in [0.1, 0.15) is 48.8 Å². The molecule has 2 fully saturated rings. The summed E-state index contributed by atoms with van der Waals surface area (Å²) in [5.41, 5.74) is 0. The topological polar surface area (TPSA) is 228 Å². The fraction of sp³-hybridized carbons (Fsp3) is 0.855. The van der Waals surface area contributed by atoms with E-state index in [0.29, 0.717) is 6.42 Å². The van der Waals surface area contributed by atoms with Crippen LogP contribution in [0.5, 0.6) is 0 Å². The van der Waals surface area contributed by atoms with Gasteiger partial charge in [0, 0.05) is 6.42 Å². The molecule has 0 radical (unpaired) electrons. The Morgan fingerprint density at radius 2 is 0.868 bits per heavy atom. The normalized spacial score (nSPS) is 25.2. The monoisotopic (exact) mass is 1080 g/mol. The largest absolute Gasteiger partial charge is 0.394 e. The molecule has 2 saturated heterocycles. The number of carbonyl (C=O) groups excluding carboxylic acids is 1. The number of ether oxygens (including phenoxy) is 4. The van der Waals surface area contributed by atoms with Crippen molar-refractivity contribution < 1.29 is 64.6 Å². The molecule has 0 aliphatic carbocycles. The van der Waals surface area contributed by atoms with Crippen molar-refractivity contribution in [2.75, 3.05) is 19.8 Å². The fourth-order valence-corrected chi connectivity index (χ4v) is 10.0. The lowest BCUT2D eigenvalue weighted by Crippen LogP contribution is -2.65. The van der Waals surface area contributed by atoms with Crippen molar-refractivity contribution in [2.45, 2.75) is 319 Å². The van der Waals surface area contributed by atoms with Crippen LogP contribution in [0.3, 0.4) is 0 Å². The third-order valence-electron chi connectivity index (χ3n) is 15.0. The molecule has 12 atom stereocenters. The maximum absolute atomic E-state index is 13.2. The molecular weight excluding hydrogens is 967 g/mol. The summed E-state index contributed by atoms with van der Waals surface area (Å²) in [5, 5.41) is 86.6. The Morgan fingerprint density at radius 3 is 1.33 bits per heavy atom. The molecule has 0 aromatic carbocycles. The first kappa shape index (κ1) is 70.1. The lowest BCUT2D eigenvalue weighted by Gasteiger charge is -2.46. The van der Waals surface area contributed by atoms with Gasteiger partial charge >= 0.3 is 0 Å². The zero-order valence-corrected chi connectivity index (χ0v) is 47.7. The van der Waals surface area contributed by atoms with Gasteiger partial charge in [-0.15, -0.1) is 0 Å². The maximum atomic E-state index is 13.2. The van der Waals surface area contributed by atoms with Gasteiger partial charge in [0.2, 0.25) is 5.91 Å². The summed E-state index contributed by atoms with van der Waals surface area (Å²) in [7, 11) is 0. The molecule has 2 heterocycles. The van der Waals surface area contributed by atoms with Crippen LogP contribution in [0.4, 0.5) is 0 Å². The average Bonchev–Trinajstić information content (AvgIpc) is 3.42. The third-order valence-corrected chi connectivity index (χ3v) is 15.0. The van der Waals surface area contributed by atoms with Crippen LogP contribution in [0.2, 0.25) is 0 Å². The van der Waals surface area contributed by atoms with E-state index in [1.807, 2.05) is 6.08 Å². The lowest BCUT2D eigenvalue weighted by molar-refractivity contribution is -0.359. The molecule has 0 spiro atoms. The Morgan fingerprint density at radius 1 is 0.474 bits per heavy atom. The lowest BCUT2D eigenvalue weighted by atomic mass is 9.97. The van der Waals surface area contributed by atoms with E-state index < -0.39 is 86.8 Å². The van der Waals surface area contributed by atoms with Gasteiger partial charge in [-0.05, 0) is 57.8 Å². The second-order valence-electron chi connectivity index (χ2n) is 21.8. The fourth-order valence-electron chi connectivity index (χ4n) is 10.0. The van der Waals surface area contributed by atoms with Crippen LogP contribution in [0.25, 0.3) is 0 Å². The Labute approximate surface area is 461 Å². The van der Waals surface area contributed by atoms with E-state index in [-0.39, 0.29) is 18.9 Å². The van der Waals surface area contributed by atoms with Crippen molar-refractivity contribution in [1.82, 2.24) is 5.32 Å². The first-order chi connectivity index (χ1) is 37.1. The van der Waals surface area contributed by atoms with Crippen LogP contribution in [0.1, 0.15) is 245 Å². The van der Waals surface area contributed by atoms with Crippen molar-refractivity contribution in [3.8, 4) is 0 Å². The van der Waals surface area contributed by atoms with Crippen LogP contribution in [0, 0.1) is 0 Å². The molecule has 1 amide bonds. The highest BCUT2D eigenvalue weighted by Gasteiger charge is 2.51. The summed E-state index contributed by atoms with van der Waals surface area (Å²) < 4.78 is 22.7. The molecule has 14 heteroatoms. The molecule has 2 rings (SSSR count). The third kappa shape index (κ3) is 32.9. The van der Waals surface area contributed by atoms with Crippen molar-refractivity contribution in [1.29, 1.82) is 0 Å². The van der Waals surface area contributed by atoms with E-state index in [0.717, 1.165) is 64.2 Å². The summed E-state index contributed by atoms with van der Waals surface area (Å²) in [6, 6.07) is -0.910. The maximum Gasteiger partial charge on any atom is 0.220 e. The number of amides is 1.